The molecule has 1 aromatic carbocycles. The van der Waals surface area contributed by atoms with Crippen molar-refractivity contribution in [2.24, 2.45) is 0 Å². The maximum atomic E-state index is 12.3. The molecule has 0 spiro atoms. The van der Waals surface area contributed by atoms with Crippen molar-refractivity contribution >= 4 is 23.2 Å². The second kappa shape index (κ2) is 8.13. The first-order valence-electron chi connectivity index (χ1n) is 7.56. The molecule has 1 N–H and O–H groups in total. The van der Waals surface area contributed by atoms with Crippen molar-refractivity contribution in [2.45, 2.75) is 32.1 Å². The molecule has 0 unspecified atom stereocenters. The van der Waals surface area contributed by atoms with Gasteiger partial charge in [-0.15, -0.1) is 0 Å². The maximum Gasteiger partial charge on any atom is 0.241 e. The largest absolute Gasteiger partial charge is 0.495 e. The number of rotatable bonds is 4. The predicted molar refractivity (Wildman–Crippen MR) is 86.2 cm³/mol. The van der Waals surface area contributed by atoms with E-state index in [2.05, 4.69) is 5.32 Å². The maximum absolute atomic E-state index is 12.3. The van der Waals surface area contributed by atoms with Crippen LogP contribution in [-0.4, -0.2) is 37.6 Å². The second-order valence-corrected chi connectivity index (χ2v) is 5.76. The fraction of sp³-hybridized carbons (Fsp3) is 0.562. The van der Waals surface area contributed by atoms with Gasteiger partial charge in [-0.2, -0.15) is 0 Å². The fourth-order valence-corrected chi connectivity index (χ4v) is 2.82. The molecule has 0 radical (unpaired) electrons. The lowest BCUT2D eigenvalue weighted by Crippen LogP contribution is -2.37. The molecule has 1 aliphatic rings. The van der Waals surface area contributed by atoms with E-state index in [4.69, 9.17) is 16.3 Å². The molecular formula is C16H23ClN2O2. The highest BCUT2D eigenvalue weighted by atomic mass is 35.5. The van der Waals surface area contributed by atoms with Crippen LogP contribution in [0.2, 0.25) is 5.02 Å². The van der Waals surface area contributed by atoms with Crippen molar-refractivity contribution in [1.29, 1.82) is 0 Å². The highest BCUT2D eigenvalue weighted by Crippen LogP contribution is 2.27. The van der Waals surface area contributed by atoms with Crippen LogP contribution >= 0.6 is 11.6 Å². The highest BCUT2D eigenvalue weighted by molar-refractivity contribution is 6.32. The molecule has 1 fully saturated rings. The summed E-state index contributed by atoms with van der Waals surface area (Å²) in [7, 11) is 1.58. The number of nitrogens with zero attached hydrogens (tertiary/aromatic N) is 1. The highest BCUT2D eigenvalue weighted by Gasteiger charge is 2.14. The fourth-order valence-electron chi connectivity index (χ4n) is 2.56. The predicted octanol–water partition coefficient (Wildman–Crippen LogP) is 3.55. The molecule has 1 aromatic rings. The first kappa shape index (κ1) is 16.0. The number of halogens is 1. The Kier molecular flexibility index (Phi) is 6.18. The molecule has 0 aliphatic carbocycles. The van der Waals surface area contributed by atoms with E-state index in [0.29, 0.717) is 17.3 Å². The number of carbonyl (C=O) groups excluding carboxylic acids is 1. The Morgan fingerprint density at radius 2 is 1.90 bits per heavy atom. The van der Waals surface area contributed by atoms with E-state index in [-0.39, 0.29) is 5.91 Å². The van der Waals surface area contributed by atoms with Crippen LogP contribution in [-0.2, 0) is 4.79 Å². The Labute approximate surface area is 131 Å². The lowest BCUT2D eigenvalue weighted by molar-refractivity contribution is -0.129. The number of nitrogens with one attached hydrogen (secondary N) is 1. The van der Waals surface area contributed by atoms with Crippen LogP contribution in [0.1, 0.15) is 32.1 Å². The topological polar surface area (TPSA) is 41.6 Å². The molecular weight excluding hydrogens is 288 g/mol. The Bertz CT molecular complexity index is 471. The zero-order valence-corrected chi connectivity index (χ0v) is 13.3. The van der Waals surface area contributed by atoms with Gasteiger partial charge in [0.05, 0.1) is 18.7 Å². The normalized spacial score (nSPS) is 16.0. The number of anilines is 1. The number of methoxy groups -OCH3 is 1. The van der Waals surface area contributed by atoms with Crippen molar-refractivity contribution in [1.82, 2.24) is 4.90 Å². The smallest absolute Gasteiger partial charge is 0.241 e. The van der Waals surface area contributed by atoms with Crippen LogP contribution in [0.25, 0.3) is 0 Å². The summed E-state index contributed by atoms with van der Waals surface area (Å²) in [5, 5.41) is 3.68. The summed E-state index contributed by atoms with van der Waals surface area (Å²) in [6, 6.07) is 5.44. The molecule has 4 nitrogen and oxygen atoms in total. The van der Waals surface area contributed by atoms with Crippen LogP contribution in [0.15, 0.2) is 18.2 Å². The molecule has 1 saturated heterocycles. The quantitative estimate of drug-likeness (QED) is 0.924. The summed E-state index contributed by atoms with van der Waals surface area (Å²) in [5.41, 5.74) is 0.834. The minimum absolute atomic E-state index is 0.156. The lowest BCUT2D eigenvalue weighted by Gasteiger charge is -2.25. The number of benzene rings is 1. The third kappa shape index (κ3) is 4.81. The van der Waals surface area contributed by atoms with E-state index in [1.807, 2.05) is 11.0 Å². The summed E-state index contributed by atoms with van der Waals surface area (Å²) in [6.45, 7) is 2.07. The van der Waals surface area contributed by atoms with Crippen LogP contribution in [0, 0.1) is 0 Å². The average Bonchev–Trinajstić information content (AvgIpc) is 2.44. The van der Waals surface area contributed by atoms with Crippen LogP contribution in [0.3, 0.4) is 0 Å². The van der Waals surface area contributed by atoms with E-state index in [9.17, 15) is 4.79 Å². The van der Waals surface area contributed by atoms with Gasteiger partial charge in [0.2, 0.25) is 5.91 Å². The Hall–Kier alpha value is -1.42. The van der Waals surface area contributed by atoms with E-state index >= 15 is 0 Å². The Morgan fingerprint density at radius 1 is 1.24 bits per heavy atom. The van der Waals surface area contributed by atoms with Crippen molar-refractivity contribution in [3.63, 3.8) is 0 Å². The molecule has 1 heterocycles. The van der Waals surface area contributed by atoms with Crippen LogP contribution < -0.4 is 10.1 Å². The number of likely N-dealkylation sites (tertiary alicyclic amines) is 1. The van der Waals surface area contributed by atoms with E-state index in [1.54, 1.807) is 19.2 Å². The monoisotopic (exact) mass is 310 g/mol. The molecule has 0 bridgehead atoms. The number of hydrogen-bond acceptors (Lipinski definition) is 3. The van der Waals surface area contributed by atoms with Gasteiger partial charge < -0.3 is 15.0 Å². The van der Waals surface area contributed by atoms with Gasteiger partial charge in [-0.1, -0.05) is 30.9 Å². The van der Waals surface area contributed by atoms with E-state index < -0.39 is 0 Å². The lowest BCUT2D eigenvalue weighted by atomic mass is 10.1. The third-order valence-corrected chi connectivity index (χ3v) is 4.10. The second-order valence-electron chi connectivity index (χ2n) is 5.35. The molecule has 1 aliphatic heterocycles. The summed E-state index contributed by atoms with van der Waals surface area (Å²) >= 11 is 6.07. The summed E-state index contributed by atoms with van der Waals surface area (Å²) in [4.78, 5) is 14.2. The van der Waals surface area contributed by atoms with Crippen molar-refractivity contribution in [2.75, 3.05) is 32.1 Å². The zero-order valence-electron chi connectivity index (χ0n) is 12.5. The van der Waals surface area contributed by atoms with Crippen molar-refractivity contribution < 1.29 is 9.53 Å². The van der Waals surface area contributed by atoms with Gasteiger partial charge in [0.25, 0.3) is 0 Å². The Balaban J connectivity index is 1.86. The van der Waals surface area contributed by atoms with Gasteiger partial charge in [0.1, 0.15) is 5.75 Å². The van der Waals surface area contributed by atoms with Crippen molar-refractivity contribution in [3.05, 3.63) is 23.2 Å². The van der Waals surface area contributed by atoms with E-state index in [1.165, 1.54) is 19.3 Å². The van der Waals surface area contributed by atoms with Gasteiger partial charge in [-0.05, 0) is 31.0 Å². The van der Waals surface area contributed by atoms with Crippen LogP contribution in [0.4, 0.5) is 5.69 Å². The van der Waals surface area contributed by atoms with E-state index in [0.717, 1.165) is 31.6 Å². The van der Waals surface area contributed by atoms with Gasteiger partial charge in [0.15, 0.2) is 0 Å². The molecule has 2 rings (SSSR count). The molecule has 21 heavy (non-hydrogen) atoms. The van der Waals surface area contributed by atoms with Gasteiger partial charge in [0, 0.05) is 18.8 Å². The third-order valence-electron chi connectivity index (χ3n) is 3.80. The minimum atomic E-state index is 0.156. The molecule has 0 saturated carbocycles. The van der Waals surface area contributed by atoms with Gasteiger partial charge in [-0.3, -0.25) is 4.79 Å². The summed E-state index contributed by atoms with van der Waals surface area (Å²) in [5.74, 6) is 0.793. The number of carbonyl (C=O) groups is 1. The number of ether oxygens (including phenoxy) is 1. The molecule has 0 atom stereocenters. The number of amides is 1. The number of hydrogen-bond donors (Lipinski definition) is 1. The molecule has 116 valence electrons. The standard InChI is InChI=1S/C16H23ClN2O2/c1-21-15-8-7-13(11-14(15)17)18-12-16(20)19-9-5-3-2-4-6-10-19/h7-8,11,18H,2-6,9-10,12H2,1H3. The minimum Gasteiger partial charge on any atom is -0.495 e. The molecule has 5 heteroatoms. The molecule has 0 aromatic heterocycles. The van der Waals surface area contributed by atoms with Gasteiger partial charge >= 0.3 is 0 Å². The van der Waals surface area contributed by atoms with Crippen molar-refractivity contribution in [3.8, 4) is 5.75 Å². The SMILES string of the molecule is COc1ccc(NCC(=O)N2CCCCCCC2)cc1Cl. The Morgan fingerprint density at radius 3 is 2.52 bits per heavy atom. The zero-order chi connectivity index (χ0) is 15.1. The summed E-state index contributed by atoms with van der Waals surface area (Å²) < 4.78 is 5.11. The summed E-state index contributed by atoms with van der Waals surface area (Å²) in [6.07, 6.45) is 5.97. The van der Waals surface area contributed by atoms with Gasteiger partial charge in [-0.25, -0.2) is 0 Å². The molecule has 1 amide bonds. The van der Waals surface area contributed by atoms with Crippen LogP contribution in [0.5, 0.6) is 5.75 Å². The first-order valence-corrected chi connectivity index (χ1v) is 7.93. The average molecular weight is 311 g/mol. The first-order chi connectivity index (χ1) is 10.2.